The van der Waals surface area contributed by atoms with Crippen LogP contribution in [0.1, 0.15) is 39.5 Å². The molecule has 2 amide bonds. The Balaban J connectivity index is 1.77. The van der Waals surface area contributed by atoms with Crippen LogP contribution in [0, 0.1) is 17.8 Å². The highest BCUT2D eigenvalue weighted by atomic mass is 35.5. The molecule has 3 heterocycles. The smallest absolute Gasteiger partial charge is 0.312 e. The topological polar surface area (TPSA) is 96.4 Å². The van der Waals surface area contributed by atoms with Crippen LogP contribution in [-0.2, 0) is 23.9 Å². The minimum Gasteiger partial charge on any atom is -0.465 e. The third kappa shape index (κ3) is 4.56. The summed E-state index contributed by atoms with van der Waals surface area (Å²) in [5.41, 5.74) is -1.49. The van der Waals surface area contributed by atoms with E-state index in [0.29, 0.717) is 36.4 Å². The van der Waals surface area contributed by atoms with E-state index in [9.17, 15) is 19.5 Å². The number of nitrogens with zero attached hydrogens (tertiary/aromatic N) is 2. The van der Waals surface area contributed by atoms with Gasteiger partial charge in [-0.05, 0) is 62.8 Å². The fourth-order valence-electron chi connectivity index (χ4n) is 6.56. The number of hydrogen-bond acceptors (Lipinski definition) is 6. The van der Waals surface area contributed by atoms with Gasteiger partial charge in [-0.3, -0.25) is 14.4 Å². The fourth-order valence-corrected chi connectivity index (χ4v) is 6.69. The van der Waals surface area contributed by atoms with Crippen LogP contribution in [0.25, 0.3) is 0 Å². The highest BCUT2D eigenvalue weighted by Gasteiger charge is 2.80. The molecule has 1 spiro atoms. The summed E-state index contributed by atoms with van der Waals surface area (Å²) in [6.07, 6.45) is 5.26. The molecule has 206 valence electrons. The zero-order chi connectivity index (χ0) is 27.7. The number of rotatable bonds is 12. The Labute approximate surface area is 229 Å². The van der Waals surface area contributed by atoms with Crippen molar-refractivity contribution < 1.29 is 29.0 Å². The lowest BCUT2D eigenvalue weighted by Crippen LogP contribution is -2.57. The van der Waals surface area contributed by atoms with Gasteiger partial charge in [-0.1, -0.05) is 30.7 Å². The summed E-state index contributed by atoms with van der Waals surface area (Å²) in [7, 11) is 0. The van der Waals surface area contributed by atoms with Gasteiger partial charge in [0.1, 0.15) is 17.6 Å². The number of anilines is 1. The van der Waals surface area contributed by atoms with Crippen LogP contribution in [0.2, 0.25) is 5.02 Å². The molecule has 2 bridgehead atoms. The van der Waals surface area contributed by atoms with Crippen molar-refractivity contribution in [3.63, 3.8) is 0 Å². The minimum absolute atomic E-state index is 0.0214. The lowest BCUT2D eigenvalue weighted by atomic mass is 9.62. The molecule has 1 aromatic carbocycles. The number of aliphatic hydroxyl groups is 1. The van der Waals surface area contributed by atoms with Crippen LogP contribution in [0.4, 0.5) is 5.69 Å². The summed E-state index contributed by atoms with van der Waals surface area (Å²) >= 11 is 6.09. The van der Waals surface area contributed by atoms with Crippen LogP contribution >= 0.6 is 11.6 Å². The number of benzene rings is 1. The maximum atomic E-state index is 14.4. The molecule has 3 fully saturated rings. The molecule has 0 aromatic heterocycles. The standard InChI is InChI=1S/C29H37ClN2O6/c1-5-7-17-37-27(36)23-22-25(34)32(15-8-9-16-33)24(29(22)18-19(3)28(23,4)38-29)26(35)31(14-6-2)21-12-10-20(30)11-13-21/h5-6,10-13,19,22-24,33H,1-2,7-9,14-18H2,3-4H3/t19?,22-,23-,24?,28+,29?/m0/s1. The molecule has 9 heteroatoms. The molecule has 4 rings (SSSR count). The van der Waals surface area contributed by atoms with Crippen LogP contribution in [-0.4, -0.2) is 71.3 Å². The number of esters is 1. The van der Waals surface area contributed by atoms with E-state index in [2.05, 4.69) is 13.2 Å². The Morgan fingerprint density at radius 1 is 1.26 bits per heavy atom. The van der Waals surface area contributed by atoms with Crippen molar-refractivity contribution >= 4 is 35.1 Å². The van der Waals surface area contributed by atoms with Gasteiger partial charge in [0.15, 0.2) is 0 Å². The first-order valence-corrected chi connectivity index (χ1v) is 13.6. The van der Waals surface area contributed by atoms with Crippen LogP contribution in [0.15, 0.2) is 49.6 Å². The van der Waals surface area contributed by atoms with E-state index >= 15 is 0 Å². The van der Waals surface area contributed by atoms with Gasteiger partial charge in [-0.25, -0.2) is 0 Å². The van der Waals surface area contributed by atoms with Crippen molar-refractivity contribution in [2.75, 3.05) is 31.2 Å². The predicted molar refractivity (Wildman–Crippen MR) is 145 cm³/mol. The summed E-state index contributed by atoms with van der Waals surface area (Å²) in [6, 6.07) is 5.97. The SMILES string of the molecule is C=CCCOC(=O)[C@@H]1[C@H]2C(=O)N(CCCCO)C(C(=O)N(CC=C)c3ccc(Cl)cc3)C23CC(C)[C@@]1(C)O3. The van der Waals surface area contributed by atoms with Gasteiger partial charge in [0.05, 0.1) is 18.1 Å². The molecule has 3 aliphatic heterocycles. The van der Waals surface area contributed by atoms with E-state index in [-0.39, 0.29) is 44.0 Å². The number of halogens is 1. The molecule has 0 radical (unpaired) electrons. The van der Waals surface area contributed by atoms with Gasteiger partial charge in [0, 0.05) is 30.4 Å². The Bertz CT molecular complexity index is 1090. The Hall–Kier alpha value is -2.68. The summed E-state index contributed by atoms with van der Waals surface area (Å²) in [5.74, 6) is -2.81. The molecule has 1 N–H and O–H groups in total. The zero-order valence-corrected chi connectivity index (χ0v) is 22.9. The monoisotopic (exact) mass is 544 g/mol. The first-order valence-electron chi connectivity index (χ1n) is 13.2. The first-order chi connectivity index (χ1) is 18.2. The van der Waals surface area contributed by atoms with Gasteiger partial charge in [-0.2, -0.15) is 0 Å². The van der Waals surface area contributed by atoms with Crippen molar-refractivity contribution in [1.82, 2.24) is 4.90 Å². The lowest BCUT2D eigenvalue weighted by Gasteiger charge is -2.37. The molecule has 1 aromatic rings. The second-order valence-electron chi connectivity index (χ2n) is 10.6. The van der Waals surface area contributed by atoms with E-state index < -0.39 is 35.0 Å². The molecule has 3 saturated heterocycles. The quantitative estimate of drug-likeness (QED) is 0.244. The van der Waals surface area contributed by atoms with Crippen molar-refractivity contribution in [3.8, 4) is 0 Å². The molecule has 3 aliphatic rings. The van der Waals surface area contributed by atoms with Gasteiger partial charge in [0.25, 0.3) is 5.91 Å². The Kier molecular flexibility index (Phi) is 8.35. The normalized spacial score (nSPS) is 31.3. The number of aliphatic hydroxyl groups excluding tert-OH is 1. The summed E-state index contributed by atoms with van der Waals surface area (Å²) in [6.45, 7) is 12.0. The molecule has 8 nitrogen and oxygen atoms in total. The van der Waals surface area contributed by atoms with Crippen molar-refractivity contribution in [3.05, 3.63) is 54.6 Å². The van der Waals surface area contributed by atoms with Gasteiger partial charge < -0.3 is 24.4 Å². The average Bonchev–Trinajstić information content (AvgIpc) is 3.40. The highest BCUT2D eigenvalue weighted by Crippen LogP contribution is 2.65. The van der Waals surface area contributed by atoms with Crippen LogP contribution in [0.3, 0.4) is 0 Å². The number of amides is 2. The Morgan fingerprint density at radius 3 is 2.61 bits per heavy atom. The van der Waals surface area contributed by atoms with E-state index in [1.54, 1.807) is 46.2 Å². The third-order valence-electron chi connectivity index (χ3n) is 8.39. The lowest BCUT2D eigenvalue weighted by molar-refractivity contribution is -0.161. The van der Waals surface area contributed by atoms with E-state index in [4.69, 9.17) is 21.1 Å². The number of carbonyl (C=O) groups excluding carboxylic acids is 3. The van der Waals surface area contributed by atoms with Crippen molar-refractivity contribution in [1.29, 1.82) is 0 Å². The van der Waals surface area contributed by atoms with Crippen LogP contribution in [0.5, 0.6) is 0 Å². The number of carbonyl (C=O) groups is 3. The van der Waals surface area contributed by atoms with Crippen LogP contribution < -0.4 is 4.90 Å². The van der Waals surface area contributed by atoms with E-state index in [1.807, 2.05) is 13.8 Å². The molecule has 0 saturated carbocycles. The third-order valence-corrected chi connectivity index (χ3v) is 8.64. The molecular formula is C29H37ClN2O6. The summed E-state index contributed by atoms with van der Waals surface area (Å²) in [5, 5.41) is 9.91. The molecule has 6 atom stereocenters. The number of fused-ring (bicyclic) bond motifs is 1. The molecule has 3 unspecified atom stereocenters. The molecule has 0 aliphatic carbocycles. The second kappa shape index (κ2) is 11.2. The summed E-state index contributed by atoms with van der Waals surface area (Å²) in [4.78, 5) is 45.1. The number of hydrogen-bond donors (Lipinski definition) is 1. The number of likely N-dealkylation sites (tertiary alicyclic amines) is 1. The van der Waals surface area contributed by atoms with Gasteiger partial charge in [0.2, 0.25) is 5.91 Å². The zero-order valence-electron chi connectivity index (χ0n) is 22.1. The minimum atomic E-state index is -1.17. The molecular weight excluding hydrogens is 508 g/mol. The second-order valence-corrected chi connectivity index (χ2v) is 11.1. The van der Waals surface area contributed by atoms with E-state index in [1.165, 1.54) is 0 Å². The van der Waals surface area contributed by atoms with Crippen molar-refractivity contribution in [2.24, 2.45) is 17.8 Å². The number of unbranched alkanes of at least 4 members (excludes halogenated alkanes) is 1. The maximum absolute atomic E-state index is 14.4. The van der Waals surface area contributed by atoms with Gasteiger partial charge >= 0.3 is 5.97 Å². The maximum Gasteiger partial charge on any atom is 0.312 e. The average molecular weight is 545 g/mol. The largest absolute Gasteiger partial charge is 0.465 e. The first kappa shape index (κ1) is 28.3. The molecule has 38 heavy (non-hydrogen) atoms. The van der Waals surface area contributed by atoms with Crippen molar-refractivity contribution in [2.45, 2.75) is 56.8 Å². The Morgan fingerprint density at radius 2 is 1.97 bits per heavy atom. The number of ether oxygens (including phenoxy) is 2. The highest BCUT2D eigenvalue weighted by molar-refractivity contribution is 6.30. The summed E-state index contributed by atoms with van der Waals surface area (Å²) < 4.78 is 12.3. The van der Waals surface area contributed by atoms with Gasteiger partial charge in [-0.15, -0.1) is 13.2 Å². The fraction of sp³-hybridized carbons (Fsp3) is 0.552. The predicted octanol–water partition coefficient (Wildman–Crippen LogP) is 3.76. The van der Waals surface area contributed by atoms with E-state index in [0.717, 1.165) is 0 Å².